The molecule has 6 atom stereocenters. The second-order valence-electron chi connectivity index (χ2n) is 10.5. The van der Waals surface area contributed by atoms with Crippen LogP contribution in [0.2, 0.25) is 0 Å². The van der Waals surface area contributed by atoms with Gasteiger partial charge in [-0.25, -0.2) is 0 Å². The quantitative estimate of drug-likeness (QED) is 0.493. The van der Waals surface area contributed by atoms with Crippen LogP contribution in [0, 0.1) is 0 Å². The fraction of sp³-hybridized carbons (Fsp3) is 0.667. The minimum absolute atomic E-state index is 0.0477. The number of rotatable bonds is 6. The van der Waals surface area contributed by atoms with Gasteiger partial charge >= 0.3 is 0 Å². The largest absolute Gasteiger partial charge is 0.390 e. The molecule has 1 unspecified atom stereocenters. The molecule has 8 nitrogen and oxygen atoms in total. The third-order valence-corrected chi connectivity index (χ3v) is 8.37. The van der Waals surface area contributed by atoms with Gasteiger partial charge in [0.15, 0.2) is 0 Å². The highest BCUT2D eigenvalue weighted by atomic mass is 16.3. The molecule has 4 N–H and O–H groups in total. The van der Waals surface area contributed by atoms with Crippen molar-refractivity contribution >= 4 is 17.7 Å². The third-order valence-electron chi connectivity index (χ3n) is 8.37. The van der Waals surface area contributed by atoms with E-state index in [4.69, 9.17) is 0 Å². The van der Waals surface area contributed by atoms with Gasteiger partial charge in [-0.1, -0.05) is 31.2 Å². The predicted molar refractivity (Wildman–Crippen MR) is 133 cm³/mol. The van der Waals surface area contributed by atoms with Gasteiger partial charge in [0.25, 0.3) is 0 Å². The van der Waals surface area contributed by atoms with Crippen LogP contribution in [0.1, 0.15) is 82.4 Å². The summed E-state index contributed by atoms with van der Waals surface area (Å²) in [6, 6.07) is 6.18. The van der Waals surface area contributed by atoms with Crippen molar-refractivity contribution < 1.29 is 19.5 Å². The van der Waals surface area contributed by atoms with Crippen LogP contribution in [-0.4, -0.2) is 64.5 Å². The van der Waals surface area contributed by atoms with E-state index in [-0.39, 0.29) is 36.2 Å². The maximum absolute atomic E-state index is 13.8. The Morgan fingerprint density at radius 3 is 2.66 bits per heavy atom. The minimum atomic E-state index is -1.02. The molecule has 2 aliphatic heterocycles. The first-order valence-electron chi connectivity index (χ1n) is 13.2. The van der Waals surface area contributed by atoms with Crippen molar-refractivity contribution in [1.29, 1.82) is 0 Å². The molecule has 0 saturated carbocycles. The van der Waals surface area contributed by atoms with Gasteiger partial charge in [0.2, 0.25) is 17.7 Å². The van der Waals surface area contributed by atoms with E-state index in [9.17, 15) is 19.5 Å². The second-order valence-corrected chi connectivity index (χ2v) is 10.5. The van der Waals surface area contributed by atoms with Crippen LogP contribution in [0.15, 0.2) is 24.3 Å². The first-order chi connectivity index (χ1) is 16.8. The lowest BCUT2D eigenvalue weighted by atomic mass is 9.83. The lowest BCUT2D eigenvalue weighted by Gasteiger charge is -2.41. The number of nitrogens with zero attached hydrogens (tertiary/aromatic N) is 1. The van der Waals surface area contributed by atoms with Crippen molar-refractivity contribution in [2.45, 2.75) is 107 Å². The molecule has 0 radical (unpaired) electrons. The zero-order chi connectivity index (χ0) is 25.2. The Balaban J connectivity index is 1.55. The zero-order valence-corrected chi connectivity index (χ0v) is 21.2. The summed E-state index contributed by atoms with van der Waals surface area (Å²) in [5, 5.41) is 20.2. The summed E-state index contributed by atoms with van der Waals surface area (Å²) in [7, 11) is 1.69. The number of amides is 3. The average molecular weight is 485 g/mol. The molecule has 8 heteroatoms. The molecule has 0 spiro atoms. The molecule has 192 valence electrons. The number of aliphatic hydroxyl groups is 1. The molecule has 1 aromatic rings. The van der Waals surface area contributed by atoms with Crippen molar-refractivity contribution in [3.63, 3.8) is 0 Å². The Kier molecular flexibility index (Phi) is 7.81. The van der Waals surface area contributed by atoms with E-state index in [2.05, 4.69) is 28.1 Å². The normalized spacial score (nSPS) is 31.5. The fourth-order valence-electron chi connectivity index (χ4n) is 5.98. The minimum Gasteiger partial charge on any atom is -0.390 e. The Morgan fingerprint density at radius 2 is 1.91 bits per heavy atom. The van der Waals surface area contributed by atoms with Gasteiger partial charge in [-0.3, -0.25) is 14.4 Å². The van der Waals surface area contributed by atoms with E-state index in [0.717, 1.165) is 25.7 Å². The first kappa shape index (κ1) is 25.6. The average Bonchev–Trinajstić information content (AvgIpc) is 3.29. The van der Waals surface area contributed by atoms with Crippen LogP contribution >= 0.6 is 0 Å². The molecule has 3 aliphatic rings. The Hall–Kier alpha value is -2.45. The standard InChI is InChI=1S/C27H40N4O4/c1-4-27(35)15-14-19-12-13-23(31(19)26(34)22(16-27)30-24(32)17(2)28-3)25(33)29-21-11-7-9-18-8-5-6-10-20(18)21/h5-6,8,10,17,19,21-23,28,35H,4,7,9,11-16H2,1-3H3,(H,29,33)(H,30,32)/t17-,19+,21+,22-,23-,27?/m0/s1. The number of likely N-dealkylation sites (N-methyl/N-ethyl adjacent to an activating group) is 1. The van der Waals surface area contributed by atoms with Crippen LogP contribution < -0.4 is 16.0 Å². The maximum Gasteiger partial charge on any atom is 0.246 e. The van der Waals surface area contributed by atoms with Gasteiger partial charge in [-0.15, -0.1) is 0 Å². The molecule has 2 saturated heterocycles. The number of nitrogens with one attached hydrogen (secondary N) is 3. The number of hydrogen-bond donors (Lipinski definition) is 4. The van der Waals surface area contributed by atoms with Crippen LogP contribution in [0.3, 0.4) is 0 Å². The second kappa shape index (κ2) is 10.7. The zero-order valence-electron chi connectivity index (χ0n) is 21.2. The van der Waals surface area contributed by atoms with E-state index >= 15 is 0 Å². The van der Waals surface area contributed by atoms with E-state index in [1.807, 2.05) is 19.1 Å². The van der Waals surface area contributed by atoms with Crippen LogP contribution in [-0.2, 0) is 20.8 Å². The molecular weight excluding hydrogens is 444 g/mol. The highest BCUT2D eigenvalue weighted by molar-refractivity contribution is 5.94. The van der Waals surface area contributed by atoms with Crippen LogP contribution in [0.4, 0.5) is 0 Å². The number of benzene rings is 1. The van der Waals surface area contributed by atoms with Crippen molar-refractivity contribution in [2.24, 2.45) is 0 Å². The first-order valence-corrected chi connectivity index (χ1v) is 13.2. The van der Waals surface area contributed by atoms with Crippen LogP contribution in [0.5, 0.6) is 0 Å². The summed E-state index contributed by atoms with van der Waals surface area (Å²) in [5.74, 6) is -0.678. The van der Waals surface area contributed by atoms with Gasteiger partial charge in [0.1, 0.15) is 12.1 Å². The number of fused-ring (bicyclic) bond motifs is 2. The molecule has 3 amide bonds. The topological polar surface area (TPSA) is 111 Å². The monoisotopic (exact) mass is 484 g/mol. The summed E-state index contributed by atoms with van der Waals surface area (Å²) < 4.78 is 0. The Bertz CT molecular complexity index is 953. The molecule has 1 aromatic carbocycles. The molecule has 4 rings (SSSR count). The van der Waals surface area contributed by atoms with Crippen molar-refractivity contribution in [2.75, 3.05) is 7.05 Å². The van der Waals surface area contributed by atoms with Gasteiger partial charge in [0.05, 0.1) is 17.7 Å². The molecule has 0 bridgehead atoms. The highest BCUT2D eigenvalue weighted by Gasteiger charge is 2.47. The number of hydrogen-bond acceptors (Lipinski definition) is 5. The highest BCUT2D eigenvalue weighted by Crippen LogP contribution is 2.37. The van der Waals surface area contributed by atoms with Crippen molar-refractivity contribution in [1.82, 2.24) is 20.9 Å². The van der Waals surface area contributed by atoms with Gasteiger partial charge in [-0.05, 0) is 76.5 Å². The Morgan fingerprint density at radius 1 is 1.14 bits per heavy atom. The number of carbonyl (C=O) groups is 3. The molecule has 1 aliphatic carbocycles. The Labute approximate surface area is 208 Å². The van der Waals surface area contributed by atoms with Gasteiger partial charge in [-0.2, -0.15) is 0 Å². The molecule has 2 heterocycles. The number of aryl methyl sites for hydroxylation is 1. The maximum atomic E-state index is 13.8. The summed E-state index contributed by atoms with van der Waals surface area (Å²) in [5.41, 5.74) is 1.42. The van der Waals surface area contributed by atoms with E-state index in [1.165, 1.54) is 11.1 Å². The molecular formula is C27H40N4O4. The summed E-state index contributed by atoms with van der Waals surface area (Å²) >= 11 is 0. The van der Waals surface area contributed by atoms with Crippen molar-refractivity contribution in [3.05, 3.63) is 35.4 Å². The van der Waals surface area contributed by atoms with Crippen molar-refractivity contribution in [3.8, 4) is 0 Å². The number of carbonyl (C=O) groups excluding carboxylic acids is 3. The van der Waals surface area contributed by atoms with Gasteiger partial charge < -0.3 is 26.0 Å². The fourth-order valence-corrected chi connectivity index (χ4v) is 5.98. The van der Waals surface area contributed by atoms with Crippen LogP contribution in [0.25, 0.3) is 0 Å². The molecule has 0 aromatic heterocycles. The summed E-state index contributed by atoms with van der Waals surface area (Å²) in [6.45, 7) is 3.64. The lowest BCUT2D eigenvalue weighted by Crippen LogP contribution is -2.60. The van der Waals surface area contributed by atoms with Gasteiger partial charge in [0, 0.05) is 12.5 Å². The lowest BCUT2D eigenvalue weighted by molar-refractivity contribution is -0.147. The SMILES string of the molecule is CCC1(O)CC[C@H]2CC[C@@H](C(=O)N[C@@H]3CCCc4ccccc43)N2C(=O)[C@@H](NC(=O)[C@H](C)NC)C1. The van der Waals surface area contributed by atoms with E-state index in [0.29, 0.717) is 25.7 Å². The third kappa shape index (κ3) is 5.38. The summed E-state index contributed by atoms with van der Waals surface area (Å²) in [4.78, 5) is 41.8. The molecule has 2 fully saturated rings. The smallest absolute Gasteiger partial charge is 0.246 e. The predicted octanol–water partition coefficient (Wildman–Crippen LogP) is 1.96. The molecule has 35 heavy (non-hydrogen) atoms. The van der Waals surface area contributed by atoms with E-state index in [1.54, 1.807) is 18.9 Å². The van der Waals surface area contributed by atoms with E-state index < -0.39 is 23.7 Å². The summed E-state index contributed by atoms with van der Waals surface area (Å²) in [6.07, 6.45) is 6.08.